The summed E-state index contributed by atoms with van der Waals surface area (Å²) < 4.78 is 0. The number of hydrogen-bond donors (Lipinski definition) is 1. The molecular formula is C12H16O2S. The molecule has 0 amide bonds. The minimum absolute atomic E-state index is 0.0410. The SMILES string of the molecule is Cc1cc(C2(CC(=O)O)CCC2)c(C)s1. The van der Waals surface area contributed by atoms with E-state index in [1.165, 1.54) is 21.7 Å². The Bertz CT molecular complexity index is 388. The van der Waals surface area contributed by atoms with Crippen LogP contribution in [-0.2, 0) is 10.2 Å². The monoisotopic (exact) mass is 224 g/mol. The summed E-state index contributed by atoms with van der Waals surface area (Å²) in [6.45, 7) is 4.20. The minimum atomic E-state index is -0.669. The van der Waals surface area contributed by atoms with Crippen LogP contribution in [0.2, 0.25) is 0 Å². The van der Waals surface area contributed by atoms with Crippen molar-refractivity contribution in [1.82, 2.24) is 0 Å². The summed E-state index contributed by atoms with van der Waals surface area (Å²) in [5.41, 5.74) is 1.25. The second-order valence-corrected chi connectivity index (χ2v) is 5.99. The quantitative estimate of drug-likeness (QED) is 0.855. The molecule has 1 fully saturated rings. The Kier molecular flexibility index (Phi) is 2.59. The molecule has 1 aliphatic rings. The molecular weight excluding hydrogens is 208 g/mol. The lowest BCUT2D eigenvalue weighted by Gasteiger charge is -2.41. The zero-order valence-corrected chi connectivity index (χ0v) is 9.99. The van der Waals surface area contributed by atoms with E-state index in [-0.39, 0.29) is 5.41 Å². The van der Waals surface area contributed by atoms with Crippen molar-refractivity contribution < 1.29 is 9.90 Å². The van der Waals surface area contributed by atoms with E-state index >= 15 is 0 Å². The fourth-order valence-corrected chi connectivity index (χ4v) is 3.64. The topological polar surface area (TPSA) is 37.3 Å². The van der Waals surface area contributed by atoms with Crippen LogP contribution in [0.15, 0.2) is 6.07 Å². The normalized spacial score (nSPS) is 18.5. The molecule has 0 unspecified atom stereocenters. The average molecular weight is 224 g/mol. The maximum atomic E-state index is 10.9. The second kappa shape index (κ2) is 3.63. The van der Waals surface area contributed by atoms with Crippen LogP contribution in [0.1, 0.15) is 41.0 Å². The molecule has 0 radical (unpaired) electrons. The van der Waals surface area contributed by atoms with E-state index in [1.54, 1.807) is 11.3 Å². The zero-order valence-electron chi connectivity index (χ0n) is 9.17. The third-order valence-corrected chi connectivity index (χ3v) is 4.38. The molecule has 1 heterocycles. The molecule has 2 nitrogen and oxygen atoms in total. The van der Waals surface area contributed by atoms with Gasteiger partial charge in [0.1, 0.15) is 0 Å². The Morgan fingerprint density at radius 2 is 2.20 bits per heavy atom. The van der Waals surface area contributed by atoms with Gasteiger partial charge in [0.05, 0.1) is 6.42 Å². The molecule has 3 heteroatoms. The van der Waals surface area contributed by atoms with Gasteiger partial charge in [-0.3, -0.25) is 4.79 Å². The van der Waals surface area contributed by atoms with Gasteiger partial charge in [-0.05, 0) is 38.3 Å². The van der Waals surface area contributed by atoms with Gasteiger partial charge in [-0.15, -0.1) is 11.3 Å². The van der Waals surface area contributed by atoms with Crippen LogP contribution in [0.5, 0.6) is 0 Å². The summed E-state index contributed by atoms with van der Waals surface area (Å²) in [6, 6.07) is 2.18. The van der Waals surface area contributed by atoms with Gasteiger partial charge in [0.2, 0.25) is 0 Å². The van der Waals surface area contributed by atoms with Crippen molar-refractivity contribution in [2.45, 2.75) is 44.9 Å². The lowest BCUT2D eigenvalue weighted by atomic mass is 9.62. The summed E-state index contributed by atoms with van der Waals surface area (Å²) in [6.07, 6.45) is 3.54. The van der Waals surface area contributed by atoms with Crippen molar-refractivity contribution in [2.24, 2.45) is 0 Å². The van der Waals surface area contributed by atoms with E-state index in [4.69, 9.17) is 5.11 Å². The van der Waals surface area contributed by atoms with Crippen LogP contribution < -0.4 is 0 Å². The predicted octanol–water partition coefficient (Wildman–Crippen LogP) is 3.26. The number of aliphatic carboxylic acids is 1. The first-order valence-corrected chi connectivity index (χ1v) is 6.14. The lowest BCUT2D eigenvalue weighted by molar-refractivity contribution is -0.139. The highest BCUT2D eigenvalue weighted by Crippen LogP contribution is 2.49. The zero-order chi connectivity index (χ0) is 11.1. The van der Waals surface area contributed by atoms with Gasteiger partial charge >= 0.3 is 5.97 Å². The first kappa shape index (κ1) is 10.7. The van der Waals surface area contributed by atoms with Crippen molar-refractivity contribution in [3.8, 4) is 0 Å². The molecule has 0 aliphatic heterocycles. The van der Waals surface area contributed by atoms with Crippen LogP contribution in [-0.4, -0.2) is 11.1 Å². The van der Waals surface area contributed by atoms with Gasteiger partial charge in [0.15, 0.2) is 0 Å². The van der Waals surface area contributed by atoms with Crippen LogP contribution in [0.3, 0.4) is 0 Å². The smallest absolute Gasteiger partial charge is 0.304 e. The molecule has 1 saturated carbocycles. The Hall–Kier alpha value is -0.830. The lowest BCUT2D eigenvalue weighted by Crippen LogP contribution is -2.36. The van der Waals surface area contributed by atoms with Crippen molar-refractivity contribution in [3.05, 3.63) is 21.4 Å². The summed E-state index contributed by atoms with van der Waals surface area (Å²) >= 11 is 1.78. The van der Waals surface area contributed by atoms with Gasteiger partial charge in [-0.2, -0.15) is 0 Å². The molecule has 1 aliphatic carbocycles. The molecule has 82 valence electrons. The van der Waals surface area contributed by atoms with E-state index in [9.17, 15) is 4.79 Å². The molecule has 2 rings (SSSR count). The number of carboxylic acid groups (broad SMARTS) is 1. The molecule has 1 aromatic rings. The summed E-state index contributed by atoms with van der Waals surface area (Å²) in [5, 5.41) is 8.98. The Morgan fingerprint density at radius 1 is 1.53 bits per heavy atom. The second-order valence-electron chi connectivity index (χ2n) is 4.53. The van der Waals surface area contributed by atoms with Crippen LogP contribution in [0.25, 0.3) is 0 Å². The van der Waals surface area contributed by atoms with E-state index in [2.05, 4.69) is 19.9 Å². The number of thiophene rings is 1. The van der Waals surface area contributed by atoms with Crippen molar-refractivity contribution >= 4 is 17.3 Å². The third-order valence-electron chi connectivity index (χ3n) is 3.41. The standard InChI is InChI=1S/C12H16O2S/c1-8-6-10(9(2)15-8)12(4-3-5-12)7-11(13)14/h6H,3-5,7H2,1-2H3,(H,13,14). The predicted molar refractivity (Wildman–Crippen MR) is 61.6 cm³/mol. The molecule has 0 spiro atoms. The number of hydrogen-bond acceptors (Lipinski definition) is 2. The Morgan fingerprint density at radius 3 is 2.53 bits per heavy atom. The van der Waals surface area contributed by atoms with Crippen molar-refractivity contribution in [3.63, 3.8) is 0 Å². The van der Waals surface area contributed by atoms with E-state index in [1.807, 2.05) is 0 Å². The fourth-order valence-electron chi connectivity index (χ4n) is 2.59. The molecule has 0 bridgehead atoms. The molecule has 15 heavy (non-hydrogen) atoms. The summed E-state index contributed by atoms with van der Waals surface area (Å²) in [5.74, 6) is -0.669. The fraction of sp³-hybridized carbons (Fsp3) is 0.583. The third kappa shape index (κ3) is 1.81. The molecule has 1 N–H and O–H groups in total. The highest BCUT2D eigenvalue weighted by atomic mass is 32.1. The van der Waals surface area contributed by atoms with Gasteiger partial charge in [0, 0.05) is 15.2 Å². The maximum absolute atomic E-state index is 10.9. The largest absolute Gasteiger partial charge is 0.481 e. The summed E-state index contributed by atoms with van der Waals surface area (Å²) in [4.78, 5) is 13.5. The van der Waals surface area contributed by atoms with Crippen LogP contribution in [0, 0.1) is 13.8 Å². The molecule has 1 aromatic heterocycles. The Labute approximate surface area is 93.9 Å². The van der Waals surface area contributed by atoms with Crippen LogP contribution >= 0.6 is 11.3 Å². The molecule has 0 aromatic carbocycles. The molecule has 0 saturated heterocycles. The van der Waals surface area contributed by atoms with E-state index in [0.717, 1.165) is 12.8 Å². The van der Waals surface area contributed by atoms with Crippen molar-refractivity contribution in [1.29, 1.82) is 0 Å². The number of aryl methyl sites for hydroxylation is 2. The van der Waals surface area contributed by atoms with Crippen molar-refractivity contribution in [2.75, 3.05) is 0 Å². The van der Waals surface area contributed by atoms with Gasteiger partial charge < -0.3 is 5.11 Å². The minimum Gasteiger partial charge on any atom is -0.481 e. The first-order chi connectivity index (χ1) is 7.03. The van der Waals surface area contributed by atoms with Gasteiger partial charge in [-0.25, -0.2) is 0 Å². The van der Waals surface area contributed by atoms with E-state index < -0.39 is 5.97 Å². The highest BCUT2D eigenvalue weighted by molar-refractivity contribution is 7.12. The maximum Gasteiger partial charge on any atom is 0.304 e. The summed E-state index contributed by atoms with van der Waals surface area (Å²) in [7, 11) is 0. The average Bonchev–Trinajstić information content (AvgIpc) is 2.38. The number of rotatable bonds is 3. The van der Waals surface area contributed by atoms with E-state index in [0.29, 0.717) is 6.42 Å². The molecule has 0 atom stereocenters. The number of carboxylic acids is 1. The van der Waals surface area contributed by atoms with Gasteiger partial charge in [-0.1, -0.05) is 6.42 Å². The van der Waals surface area contributed by atoms with Gasteiger partial charge in [0.25, 0.3) is 0 Å². The Balaban J connectivity index is 2.33. The highest BCUT2D eigenvalue weighted by Gasteiger charge is 2.42. The number of carbonyl (C=O) groups is 1. The van der Waals surface area contributed by atoms with Crippen LogP contribution in [0.4, 0.5) is 0 Å². The first-order valence-electron chi connectivity index (χ1n) is 5.33.